The van der Waals surface area contributed by atoms with Gasteiger partial charge in [0.1, 0.15) is 11.9 Å². The number of rotatable bonds is 4. The van der Waals surface area contributed by atoms with E-state index in [2.05, 4.69) is 5.32 Å². The molecule has 1 unspecified atom stereocenters. The van der Waals surface area contributed by atoms with E-state index in [9.17, 15) is 14.0 Å². The molecule has 0 heterocycles. The second-order valence-electron chi connectivity index (χ2n) is 3.54. The highest BCUT2D eigenvalue weighted by molar-refractivity contribution is 6.30. The smallest absolute Gasteiger partial charge is 0.325 e. The number of nitrogens with one attached hydrogen (secondary N) is 1. The van der Waals surface area contributed by atoms with Crippen LogP contribution in [0.25, 0.3) is 0 Å². The number of carboxylic acids is 1. The van der Waals surface area contributed by atoms with Crippen LogP contribution in [0.15, 0.2) is 18.2 Å². The summed E-state index contributed by atoms with van der Waals surface area (Å²) in [6.45, 7) is 1.33. The Bertz CT molecular complexity index is 450. The molecule has 2 N–H and O–H groups in total. The highest BCUT2D eigenvalue weighted by Gasteiger charge is 2.15. The van der Waals surface area contributed by atoms with Crippen LogP contribution in [0.3, 0.4) is 0 Å². The van der Waals surface area contributed by atoms with E-state index in [4.69, 9.17) is 16.7 Å². The van der Waals surface area contributed by atoms with E-state index >= 15 is 0 Å². The number of carboxylic acid groups (broad SMARTS) is 1. The zero-order chi connectivity index (χ0) is 13.0. The first kappa shape index (κ1) is 13.4. The third kappa shape index (κ3) is 4.03. The Kier molecular flexibility index (Phi) is 4.45. The van der Waals surface area contributed by atoms with Gasteiger partial charge in [0.2, 0.25) is 5.91 Å². The van der Waals surface area contributed by atoms with Gasteiger partial charge < -0.3 is 10.4 Å². The number of benzene rings is 1. The molecule has 0 bridgehead atoms. The van der Waals surface area contributed by atoms with Crippen LogP contribution in [0.4, 0.5) is 4.39 Å². The third-order valence-corrected chi connectivity index (χ3v) is 2.35. The summed E-state index contributed by atoms with van der Waals surface area (Å²) in [6, 6.07) is 2.96. The lowest BCUT2D eigenvalue weighted by Gasteiger charge is -2.09. The van der Waals surface area contributed by atoms with Crippen LogP contribution in [0.1, 0.15) is 12.5 Å². The van der Waals surface area contributed by atoms with Crippen LogP contribution in [0.5, 0.6) is 0 Å². The van der Waals surface area contributed by atoms with Gasteiger partial charge in [0.15, 0.2) is 0 Å². The van der Waals surface area contributed by atoms with Crippen LogP contribution < -0.4 is 5.32 Å². The normalized spacial score (nSPS) is 11.9. The summed E-state index contributed by atoms with van der Waals surface area (Å²) in [7, 11) is 0. The molecule has 0 radical (unpaired) electrons. The van der Waals surface area contributed by atoms with Crippen molar-refractivity contribution in [2.45, 2.75) is 19.4 Å². The van der Waals surface area contributed by atoms with Gasteiger partial charge >= 0.3 is 5.97 Å². The minimum absolute atomic E-state index is 0.171. The SMILES string of the molecule is CC(NC(=O)Cc1ccc(Cl)cc1F)C(=O)O. The number of hydrogen-bond donors (Lipinski definition) is 2. The molecular formula is C11H11ClFNO3. The first-order chi connectivity index (χ1) is 7.90. The van der Waals surface area contributed by atoms with Crippen molar-refractivity contribution in [2.75, 3.05) is 0 Å². The lowest BCUT2D eigenvalue weighted by Crippen LogP contribution is -2.39. The molecular weight excluding hydrogens is 249 g/mol. The molecule has 0 aliphatic heterocycles. The molecule has 1 amide bonds. The first-order valence-electron chi connectivity index (χ1n) is 4.86. The van der Waals surface area contributed by atoms with E-state index in [1.54, 1.807) is 0 Å². The zero-order valence-electron chi connectivity index (χ0n) is 9.04. The summed E-state index contributed by atoms with van der Waals surface area (Å²) in [5.74, 6) is -2.29. The van der Waals surface area contributed by atoms with Crippen molar-refractivity contribution in [3.8, 4) is 0 Å². The fourth-order valence-corrected chi connectivity index (χ4v) is 1.35. The summed E-state index contributed by atoms with van der Waals surface area (Å²) in [5.41, 5.74) is 0.171. The van der Waals surface area contributed by atoms with Crippen LogP contribution in [-0.2, 0) is 16.0 Å². The van der Waals surface area contributed by atoms with Gasteiger partial charge in [-0.1, -0.05) is 17.7 Å². The Balaban J connectivity index is 2.65. The summed E-state index contributed by atoms with van der Waals surface area (Å²) in [6.07, 6.45) is -0.222. The number of amides is 1. The molecule has 0 aliphatic carbocycles. The van der Waals surface area contributed by atoms with Gasteiger partial charge in [-0.2, -0.15) is 0 Å². The van der Waals surface area contributed by atoms with Crippen LogP contribution in [-0.4, -0.2) is 23.0 Å². The van der Waals surface area contributed by atoms with E-state index in [1.807, 2.05) is 0 Å². The van der Waals surface area contributed by atoms with Gasteiger partial charge in [-0.05, 0) is 24.6 Å². The summed E-state index contributed by atoms with van der Waals surface area (Å²) < 4.78 is 13.3. The highest BCUT2D eigenvalue weighted by atomic mass is 35.5. The Labute approximate surface area is 102 Å². The van der Waals surface area contributed by atoms with E-state index in [0.717, 1.165) is 6.07 Å². The van der Waals surface area contributed by atoms with E-state index in [-0.39, 0.29) is 17.0 Å². The molecule has 0 saturated carbocycles. The van der Waals surface area contributed by atoms with Gasteiger partial charge in [-0.25, -0.2) is 4.39 Å². The third-order valence-electron chi connectivity index (χ3n) is 2.11. The minimum atomic E-state index is -1.14. The summed E-state index contributed by atoms with van der Waals surface area (Å²) >= 11 is 5.56. The number of aliphatic carboxylic acids is 1. The zero-order valence-corrected chi connectivity index (χ0v) is 9.79. The molecule has 17 heavy (non-hydrogen) atoms. The van der Waals surface area contributed by atoms with Crippen molar-refractivity contribution in [3.63, 3.8) is 0 Å². The molecule has 92 valence electrons. The van der Waals surface area contributed by atoms with Gasteiger partial charge in [0.05, 0.1) is 6.42 Å². The van der Waals surface area contributed by atoms with E-state index < -0.39 is 23.7 Å². The minimum Gasteiger partial charge on any atom is -0.480 e. The van der Waals surface area contributed by atoms with Crippen LogP contribution in [0, 0.1) is 5.82 Å². The molecule has 0 spiro atoms. The van der Waals surface area contributed by atoms with Gasteiger partial charge in [0.25, 0.3) is 0 Å². The molecule has 0 aromatic heterocycles. The van der Waals surface area contributed by atoms with Crippen molar-refractivity contribution in [1.82, 2.24) is 5.32 Å². The Morgan fingerprint density at radius 3 is 2.71 bits per heavy atom. The largest absolute Gasteiger partial charge is 0.480 e. The summed E-state index contributed by atoms with van der Waals surface area (Å²) in [5, 5.41) is 11.1. The molecule has 1 aromatic carbocycles. The fraction of sp³-hybridized carbons (Fsp3) is 0.273. The standard InChI is InChI=1S/C11H11ClFNO3/c1-6(11(16)17)14-10(15)4-7-2-3-8(12)5-9(7)13/h2-3,5-6H,4H2,1H3,(H,14,15)(H,16,17). The number of carbonyl (C=O) groups is 2. The van der Waals surface area contributed by atoms with E-state index in [0.29, 0.717) is 0 Å². The highest BCUT2D eigenvalue weighted by Crippen LogP contribution is 2.14. The fourth-order valence-electron chi connectivity index (χ4n) is 1.19. The number of halogens is 2. The Morgan fingerprint density at radius 2 is 2.18 bits per heavy atom. The predicted octanol–water partition coefficient (Wildman–Crippen LogP) is 1.61. The van der Waals surface area contributed by atoms with Crippen molar-refractivity contribution < 1.29 is 19.1 Å². The average molecular weight is 260 g/mol. The maximum absolute atomic E-state index is 13.3. The average Bonchev–Trinajstić information content (AvgIpc) is 2.22. The molecule has 1 atom stereocenters. The van der Waals surface area contributed by atoms with Crippen molar-refractivity contribution in [1.29, 1.82) is 0 Å². The number of hydrogen-bond acceptors (Lipinski definition) is 2. The van der Waals surface area contributed by atoms with E-state index in [1.165, 1.54) is 19.1 Å². The van der Waals surface area contributed by atoms with Crippen molar-refractivity contribution in [3.05, 3.63) is 34.6 Å². The molecule has 0 aliphatic rings. The van der Waals surface area contributed by atoms with Crippen LogP contribution in [0.2, 0.25) is 5.02 Å². The van der Waals surface area contributed by atoms with Gasteiger partial charge in [-0.3, -0.25) is 9.59 Å². The molecule has 0 fully saturated rings. The number of carbonyl (C=O) groups excluding carboxylic acids is 1. The first-order valence-corrected chi connectivity index (χ1v) is 5.24. The topological polar surface area (TPSA) is 66.4 Å². The molecule has 0 saturated heterocycles. The Hall–Kier alpha value is -1.62. The quantitative estimate of drug-likeness (QED) is 0.863. The molecule has 1 aromatic rings. The molecule has 1 rings (SSSR count). The second-order valence-corrected chi connectivity index (χ2v) is 3.98. The van der Waals surface area contributed by atoms with Crippen LogP contribution >= 0.6 is 11.6 Å². The lowest BCUT2D eigenvalue weighted by molar-refractivity contribution is -0.141. The molecule has 6 heteroatoms. The lowest BCUT2D eigenvalue weighted by atomic mass is 10.1. The monoisotopic (exact) mass is 259 g/mol. The van der Waals surface area contributed by atoms with Crippen molar-refractivity contribution in [2.24, 2.45) is 0 Å². The second kappa shape index (κ2) is 5.63. The maximum Gasteiger partial charge on any atom is 0.325 e. The molecule has 4 nitrogen and oxygen atoms in total. The maximum atomic E-state index is 13.3. The van der Waals surface area contributed by atoms with Crippen molar-refractivity contribution >= 4 is 23.5 Å². The Morgan fingerprint density at radius 1 is 1.53 bits per heavy atom. The summed E-state index contributed by atoms with van der Waals surface area (Å²) in [4.78, 5) is 21.9. The predicted molar refractivity (Wildman–Crippen MR) is 60.4 cm³/mol. The van der Waals surface area contributed by atoms with Gasteiger partial charge in [0, 0.05) is 5.02 Å². The van der Waals surface area contributed by atoms with Gasteiger partial charge in [-0.15, -0.1) is 0 Å².